The van der Waals surface area contributed by atoms with E-state index in [1.54, 1.807) is 16.2 Å². The van der Waals surface area contributed by atoms with Crippen molar-refractivity contribution >= 4 is 33.4 Å². The van der Waals surface area contributed by atoms with E-state index in [1.165, 1.54) is 4.70 Å². The first-order chi connectivity index (χ1) is 13.2. The summed E-state index contributed by atoms with van der Waals surface area (Å²) in [4.78, 5) is 31.5. The normalized spacial score (nSPS) is 25.1. The van der Waals surface area contributed by atoms with Crippen molar-refractivity contribution in [2.45, 2.75) is 50.4 Å². The lowest BCUT2D eigenvalue weighted by Gasteiger charge is -2.34. The molecule has 0 spiro atoms. The lowest BCUT2D eigenvalue weighted by atomic mass is 10.0. The number of para-hydroxylation sites is 1. The summed E-state index contributed by atoms with van der Waals surface area (Å²) in [5.41, 5.74) is 6.53. The molecule has 0 bridgehead atoms. The van der Waals surface area contributed by atoms with Crippen molar-refractivity contribution < 1.29 is 9.59 Å². The molecule has 2 aliphatic heterocycles. The smallest absolute Gasteiger partial charge is 0.245 e. The van der Waals surface area contributed by atoms with Crippen LogP contribution in [0, 0.1) is 0 Å². The molecule has 8 heteroatoms. The van der Waals surface area contributed by atoms with E-state index in [2.05, 4.69) is 21.7 Å². The largest absolute Gasteiger partial charge is 0.343 e. The van der Waals surface area contributed by atoms with Crippen LogP contribution in [0.15, 0.2) is 24.3 Å². The zero-order valence-electron chi connectivity index (χ0n) is 15.2. The predicted octanol–water partition coefficient (Wildman–Crippen LogP) is 0.983. The van der Waals surface area contributed by atoms with Crippen molar-refractivity contribution in [1.29, 1.82) is 0 Å². The minimum atomic E-state index is -0.400. The van der Waals surface area contributed by atoms with Crippen LogP contribution < -0.4 is 16.4 Å². The summed E-state index contributed by atoms with van der Waals surface area (Å²) in [5, 5.41) is 7.41. The molecule has 2 aromatic rings. The second-order valence-corrected chi connectivity index (χ2v) is 8.36. The van der Waals surface area contributed by atoms with Gasteiger partial charge in [0.15, 0.2) is 0 Å². The lowest BCUT2D eigenvalue weighted by molar-refractivity contribution is -0.147. The minimum Gasteiger partial charge on any atom is -0.343 e. The first-order valence-electron chi connectivity index (χ1n) is 9.54. The summed E-state index contributed by atoms with van der Waals surface area (Å²) in [6.45, 7) is 1.84. The minimum absolute atomic E-state index is 0.0309. The van der Waals surface area contributed by atoms with E-state index in [1.807, 2.05) is 18.2 Å². The number of hydrogen-bond donors (Lipinski definition) is 3. The van der Waals surface area contributed by atoms with Gasteiger partial charge >= 0.3 is 0 Å². The summed E-state index contributed by atoms with van der Waals surface area (Å²) in [6.07, 6.45) is 3.03. The van der Waals surface area contributed by atoms with Crippen LogP contribution in [0.4, 0.5) is 0 Å². The van der Waals surface area contributed by atoms with Crippen molar-refractivity contribution in [3.63, 3.8) is 0 Å². The van der Waals surface area contributed by atoms with Crippen molar-refractivity contribution in [1.82, 2.24) is 20.5 Å². The molecular formula is C19H25N5O2S. The van der Waals surface area contributed by atoms with Gasteiger partial charge in [-0.2, -0.15) is 0 Å². The van der Waals surface area contributed by atoms with E-state index < -0.39 is 6.04 Å². The number of aromatic nitrogens is 1. The van der Waals surface area contributed by atoms with Gasteiger partial charge in [0.25, 0.3) is 0 Å². The topological polar surface area (TPSA) is 100 Å². The van der Waals surface area contributed by atoms with E-state index >= 15 is 0 Å². The molecule has 0 radical (unpaired) electrons. The molecule has 2 fully saturated rings. The van der Waals surface area contributed by atoms with Crippen LogP contribution in [0.1, 0.15) is 30.7 Å². The molecule has 2 amide bonds. The Morgan fingerprint density at radius 3 is 2.96 bits per heavy atom. The van der Waals surface area contributed by atoms with Gasteiger partial charge in [-0.15, -0.1) is 11.3 Å². The summed E-state index contributed by atoms with van der Waals surface area (Å²) >= 11 is 1.68. The fourth-order valence-corrected chi connectivity index (χ4v) is 4.84. The Morgan fingerprint density at radius 1 is 1.30 bits per heavy atom. The van der Waals surface area contributed by atoms with Gasteiger partial charge in [0.2, 0.25) is 11.8 Å². The summed E-state index contributed by atoms with van der Waals surface area (Å²) < 4.78 is 1.17. The van der Waals surface area contributed by atoms with Crippen LogP contribution in [-0.4, -0.2) is 52.9 Å². The highest BCUT2D eigenvalue weighted by molar-refractivity contribution is 7.18. The average molecular weight is 388 g/mol. The number of carbonyl (C=O) groups is 2. The Bertz CT molecular complexity index is 805. The molecule has 7 nitrogen and oxygen atoms in total. The number of benzene rings is 1. The number of carbonyl (C=O) groups excluding carboxylic acids is 2. The van der Waals surface area contributed by atoms with Crippen LogP contribution in [0.3, 0.4) is 0 Å². The third-order valence-corrected chi connectivity index (χ3v) is 6.36. The van der Waals surface area contributed by atoms with Crippen LogP contribution in [0.25, 0.3) is 10.2 Å². The van der Waals surface area contributed by atoms with E-state index in [0.29, 0.717) is 32.5 Å². The lowest BCUT2D eigenvalue weighted by Crippen LogP contribution is -2.61. The van der Waals surface area contributed by atoms with Gasteiger partial charge in [-0.05, 0) is 44.4 Å². The van der Waals surface area contributed by atoms with Crippen LogP contribution >= 0.6 is 11.3 Å². The first kappa shape index (κ1) is 18.3. The Labute approximate surface area is 162 Å². The maximum absolute atomic E-state index is 12.7. The quantitative estimate of drug-likeness (QED) is 0.615. The number of hydrogen-bond acceptors (Lipinski definition) is 6. The van der Waals surface area contributed by atoms with Gasteiger partial charge in [0.1, 0.15) is 17.1 Å². The number of nitrogens with one attached hydrogen (secondary N) is 2. The molecule has 1 aromatic carbocycles. The third kappa shape index (κ3) is 3.83. The van der Waals surface area contributed by atoms with Crippen molar-refractivity contribution in [2.75, 3.05) is 13.1 Å². The fourth-order valence-electron chi connectivity index (χ4n) is 3.92. The average Bonchev–Trinajstić information content (AvgIpc) is 3.28. The van der Waals surface area contributed by atoms with Crippen molar-refractivity contribution in [3.05, 3.63) is 29.3 Å². The molecule has 0 unspecified atom stereocenters. The number of nitrogens with two attached hydrogens (primary N) is 1. The summed E-state index contributed by atoms with van der Waals surface area (Å²) in [6, 6.07) is 7.45. The maximum atomic E-state index is 12.7. The second-order valence-electron chi connectivity index (χ2n) is 7.24. The van der Waals surface area contributed by atoms with Crippen LogP contribution in [-0.2, 0) is 16.1 Å². The molecule has 3 heterocycles. The monoisotopic (exact) mass is 387 g/mol. The predicted molar refractivity (Wildman–Crippen MR) is 105 cm³/mol. The van der Waals surface area contributed by atoms with Gasteiger partial charge in [0, 0.05) is 19.1 Å². The molecule has 144 valence electrons. The number of piperazine rings is 1. The SMILES string of the molecule is NCCCC[C@@H]1NC(=O)[C@@H]2C[C@H](NCc3nc4ccccc4s3)CN2C1=O. The molecule has 3 atom stereocenters. The van der Waals surface area contributed by atoms with E-state index in [9.17, 15) is 9.59 Å². The zero-order chi connectivity index (χ0) is 18.8. The molecule has 2 aliphatic rings. The Morgan fingerprint density at radius 2 is 2.15 bits per heavy atom. The molecule has 27 heavy (non-hydrogen) atoms. The van der Waals surface area contributed by atoms with E-state index in [-0.39, 0.29) is 23.9 Å². The van der Waals surface area contributed by atoms with E-state index in [0.717, 1.165) is 23.4 Å². The first-order valence-corrected chi connectivity index (χ1v) is 10.4. The fraction of sp³-hybridized carbons (Fsp3) is 0.526. The van der Waals surface area contributed by atoms with Crippen LogP contribution in [0.5, 0.6) is 0 Å². The number of amides is 2. The number of fused-ring (bicyclic) bond motifs is 2. The highest BCUT2D eigenvalue weighted by Gasteiger charge is 2.45. The number of thiazole rings is 1. The van der Waals surface area contributed by atoms with Gasteiger partial charge in [0.05, 0.1) is 10.2 Å². The summed E-state index contributed by atoms with van der Waals surface area (Å²) in [7, 11) is 0. The second kappa shape index (κ2) is 7.92. The molecule has 4 rings (SSSR count). The van der Waals surface area contributed by atoms with Crippen LogP contribution in [0.2, 0.25) is 0 Å². The van der Waals surface area contributed by atoms with Crippen molar-refractivity contribution in [2.24, 2.45) is 5.73 Å². The number of unbranched alkanes of at least 4 members (excludes halogenated alkanes) is 1. The highest BCUT2D eigenvalue weighted by atomic mass is 32.1. The Hall–Kier alpha value is -2.03. The molecule has 0 aliphatic carbocycles. The van der Waals surface area contributed by atoms with E-state index in [4.69, 9.17) is 5.73 Å². The van der Waals surface area contributed by atoms with Crippen molar-refractivity contribution in [3.8, 4) is 0 Å². The number of nitrogens with zero attached hydrogens (tertiary/aromatic N) is 2. The number of rotatable bonds is 7. The van der Waals surface area contributed by atoms with Gasteiger partial charge in [-0.1, -0.05) is 12.1 Å². The van der Waals surface area contributed by atoms with Gasteiger partial charge in [-0.25, -0.2) is 4.98 Å². The molecular weight excluding hydrogens is 362 g/mol. The summed E-state index contributed by atoms with van der Waals surface area (Å²) in [5.74, 6) is 0.0116. The Balaban J connectivity index is 1.35. The van der Waals surface area contributed by atoms with Gasteiger partial charge < -0.3 is 21.3 Å². The molecule has 0 saturated carbocycles. The molecule has 2 saturated heterocycles. The molecule has 4 N–H and O–H groups in total. The van der Waals surface area contributed by atoms with Gasteiger partial charge in [-0.3, -0.25) is 9.59 Å². The third-order valence-electron chi connectivity index (χ3n) is 5.33. The highest BCUT2D eigenvalue weighted by Crippen LogP contribution is 2.25. The zero-order valence-corrected chi connectivity index (χ0v) is 16.0. The molecule has 1 aromatic heterocycles. The maximum Gasteiger partial charge on any atom is 0.245 e. The standard InChI is InChI=1S/C19H25N5O2S/c20-8-4-3-6-14-19(26)24-11-12(9-15(24)18(25)23-14)21-10-17-22-13-5-1-2-7-16(13)27-17/h1-2,5,7,12,14-15,21H,3-4,6,8-11,20H2,(H,23,25)/t12-,14-,15-/m0/s1. The Kier molecular flexibility index (Phi) is 5.38.